The number of para-hydroxylation sites is 1. The molecule has 8 heteroatoms. The molecule has 3 aromatic carbocycles. The molecule has 168 valence electrons. The third-order valence-electron chi connectivity index (χ3n) is 5.39. The number of thiocarbonyl (C=S) groups is 1. The maximum Gasteiger partial charge on any atom is 0.256 e. The number of hydrogen-bond acceptors (Lipinski definition) is 3. The van der Waals surface area contributed by atoms with Crippen LogP contribution in [0.25, 0.3) is 0 Å². The highest BCUT2D eigenvalue weighted by atomic mass is 35.5. The van der Waals surface area contributed by atoms with Gasteiger partial charge < -0.3 is 10.2 Å². The first-order chi connectivity index (χ1) is 15.9. The summed E-state index contributed by atoms with van der Waals surface area (Å²) >= 11 is 11.6. The van der Waals surface area contributed by atoms with Crippen molar-refractivity contribution >= 4 is 52.1 Å². The molecule has 1 heterocycles. The van der Waals surface area contributed by atoms with Crippen LogP contribution in [0, 0.1) is 5.82 Å². The van der Waals surface area contributed by atoms with Crippen molar-refractivity contribution in [2.75, 3.05) is 16.8 Å². The van der Waals surface area contributed by atoms with Crippen molar-refractivity contribution in [2.45, 2.75) is 18.9 Å². The number of nitrogens with zero attached hydrogens (tertiary/aromatic N) is 2. The smallest absolute Gasteiger partial charge is 0.256 e. The lowest BCUT2D eigenvalue weighted by molar-refractivity contribution is -0.124. The maximum absolute atomic E-state index is 13.4. The van der Waals surface area contributed by atoms with Crippen molar-refractivity contribution in [1.29, 1.82) is 0 Å². The fourth-order valence-corrected chi connectivity index (χ4v) is 4.26. The van der Waals surface area contributed by atoms with E-state index in [0.717, 1.165) is 5.56 Å². The minimum Gasteiger partial charge on any atom is -0.336 e. The van der Waals surface area contributed by atoms with E-state index in [1.165, 1.54) is 29.2 Å². The van der Waals surface area contributed by atoms with E-state index in [2.05, 4.69) is 5.32 Å². The molecule has 0 saturated carbocycles. The number of carbonyl (C=O) groups is 2. The molecule has 4 rings (SSSR count). The quantitative estimate of drug-likeness (QED) is 0.480. The van der Waals surface area contributed by atoms with Gasteiger partial charge >= 0.3 is 0 Å². The van der Waals surface area contributed by atoms with Gasteiger partial charge in [0.2, 0.25) is 5.91 Å². The van der Waals surface area contributed by atoms with Crippen LogP contribution in [0.15, 0.2) is 78.9 Å². The zero-order chi connectivity index (χ0) is 23.4. The lowest BCUT2D eigenvalue weighted by Gasteiger charge is -2.24. The Balaban J connectivity index is 1.55. The Morgan fingerprint density at radius 3 is 2.33 bits per heavy atom. The summed E-state index contributed by atoms with van der Waals surface area (Å²) in [7, 11) is 0. The summed E-state index contributed by atoms with van der Waals surface area (Å²) in [6, 6.07) is 21.3. The lowest BCUT2D eigenvalue weighted by atomic mass is 10.1. The third kappa shape index (κ3) is 5.38. The summed E-state index contributed by atoms with van der Waals surface area (Å²) < 4.78 is 13.4. The van der Waals surface area contributed by atoms with E-state index >= 15 is 0 Å². The zero-order valence-corrected chi connectivity index (χ0v) is 19.2. The van der Waals surface area contributed by atoms with E-state index in [1.807, 2.05) is 30.3 Å². The molecule has 1 aliphatic rings. The van der Waals surface area contributed by atoms with Gasteiger partial charge in [-0.25, -0.2) is 4.39 Å². The molecule has 0 bridgehead atoms. The zero-order valence-electron chi connectivity index (χ0n) is 17.6. The van der Waals surface area contributed by atoms with E-state index in [-0.39, 0.29) is 23.3 Å². The van der Waals surface area contributed by atoms with Gasteiger partial charge in [0.05, 0.1) is 12.1 Å². The second-order valence-electron chi connectivity index (χ2n) is 7.64. The van der Waals surface area contributed by atoms with Gasteiger partial charge in [-0.2, -0.15) is 0 Å². The number of nitrogens with one attached hydrogen (secondary N) is 1. The molecular weight excluding hydrogens is 461 g/mol. The van der Waals surface area contributed by atoms with Crippen LogP contribution in [0.4, 0.5) is 15.8 Å². The molecule has 1 saturated heterocycles. The van der Waals surface area contributed by atoms with Crippen LogP contribution >= 0.6 is 23.8 Å². The second kappa shape index (κ2) is 10.1. The SMILES string of the molecule is O=C(C[C@@H]1C(=O)N(c2ccc(F)cc2)C(=S)N1CCc1ccc(Cl)cc1)Nc1ccccc1. The molecule has 1 fully saturated rings. The van der Waals surface area contributed by atoms with Crippen LogP contribution in [-0.4, -0.2) is 34.4 Å². The van der Waals surface area contributed by atoms with Crippen molar-refractivity contribution in [3.63, 3.8) is 0 Å². The van der Waals surface area contributed by atoms with Gasteiger partial charge in [0.25, 0.3) is 5.91 Å². The van der Waals surface area contributed by atoms with Gasteiger partial charge in [0.1, 0.15) is 11.9 Å². The van der Waals surface area contributed by atoms with Crippen molar-refractivity contribution < 1.29 is 14.0 Å². The van der Waals surface area contributed by atoms with Crippen molar-refractivity contribution in [3.05, 3.63) is 95.3 Å². The number of rotatable bonds is 7. The summed E-state index contributed by atoms with van der Waals surface area (Å²) in [5, 5.41) is 3.76. The summed E-state index contributed by atoms with van der Waals surface area (Å²) in [6.45, 7) is 0.438. The van der Waals surface area contributed by atoms with Gasteiger partial charge in [-0.15, -0.1) is 0 Å². The molecular formula is C25H21ClFN3O2S. The number of carbonyl (C=O) groups excluding carboxylic acids is 2. The molecule has 2 amide bonds. The number of amides is 2. The first-order valence-corrected chi connectivity index (χ1v) is 11.2. The highest BCUT2D eigenvalue weighted by Gasteiger charge is 2.43. The van der Waals surface area contributed by atoms with Crippen molar-refractivity contribution in [2.24, 2.45) is 0 Å². The number of hydrogen-bond donors (Lipinski definition) is 1. The number of anilines is 2. The number of benzene rings is 3. The summed E-state index contributed by atoms with van der Waals surface area (Å²) in [6.07, 6.45) is 0.546. The normalized spacial score (nSPS) is 15.8. The summed E-state index contributed by atoms with van der Waals surface area (Å²) in [5.41, 5.74) is 2.15. The van der Waals surface area contributed by atoms with Crippen LogP contribution < -0.4 is 10.2 Å². The average molecular weight is 482 g/mol. The third-order valence-corrected chi connectivity index (χ3v) is 6.06. The highest BCUT2D eigenvalue weighted by molar-refractivity contribution is 7.80. The van der Waals surface area contributed by atoms with Crippen LogP contribution in [0.3, 0.4) is 0 Å². The van der Waals surface area contributed by atoms with E-state index < -0.39 is 11.9 Å². The molecule has 0 aliphatic carbocycles. The Hall–Kier alpha value is -3.29. The summed E-state index contributed by atoms with van der Waals surface area (Å²) in [4.78, 5) is 29.2. The first kappa shape index (κ1) is 22.9. The molecule has 1 atom stereocenters. The van der Waals surface area contributed by atoms with Crippen LogP contribution in [0.2, 0.25) is 5.02 Å². The molecule has 33 heavy (non-hydrogen) atoms. The summed E-state index contributed by atoms with van der Waals surface area (Å²) in [5.74, 6) is -1.01. The monoisotopic (exact) mass is 481 g/mol. The van der Waals surface area contributed by atoms with Gasteiger partial charge in [-0.05, 0) is 72.7 Å². The average Bonchev–Trinajstić information content (AvgIpc) is 3.03. The van der Waals surface area contributed by atoms with Crippen LogP contribution in [0.1, 0.15) is 12.0 Å². The predicted molar refractivity (Wildman–Crippen MR) is 132 cm³/mol. The largest absolute Gasteiger partial charge is 0.336 e. The van der Waals surface area contributed by atoms with E-state index in [9.17, 15) is 14.0 Å². The second-order valence-corrected chi connectivity index (χ2v) is 8.44. The fraction of sp³-hybridized carbons (Fsp3) is 0.160. The molecule has 0 spiro atoms. The standard InChI is InChI=1S/C25H21ClFN3O2S/c26-18-8-6-17(7-9-18)14-15-29-22(16-23(31)28-20-4-2-1-3-5-20)24(32)30(25(29)33)21-12-10-19(27)11-13-21/h1-13,22H,14-16H2,(H,28,31)/t22-/m1/s1. The fourth-order valence-electron chi connectivity index (χ4n) is 3.72. The molecule has 1 aliphatic heterocycles. The minimum absolute atomic E-state index is 0.0633. The van der Waals surface area contributed by atoms with Gasteiger partial charge in [0.15, 0.2) is 5.11 Å². The Kier molecular flexibility index (Phi) is 7.01. The Morgan fingerprint density at radius 2 is 1.67 bits per heavy atom. The van der Waals surface area contributed by atoms with Crippen LogP contribution in [0.5, 0.6) is 0 Å². The predicted octanol–water partition coefficient (Wildman–Crippen LogP) is 5.05. The molecule has 3 aromatic rings. The van der Waals surface area contributed by atoms with E-state index in [0.29, 0.717) is 29.4 Å². The van der Waals surface area contributed by atoms with Crippen molar-refractivity contribution in [3.8, 4) is 0 Å². The van der Waals surface area contributed by atoms with Crippen LogP contribution in [-0.2, 0) is 16.0 Å². The van der Waals surface area contributed by atoms with Gasteiger partial charge in [-0.3, -0.25) is 14.5 Å². The maximum atomic E-state index is 13.4. The highest BCUT2D eigenvalue weighted by Crippen LogP contribution is 2.28. The van der Waals surface area contributed by atoms with E-state index in [1.54, 1.807) is 29.2 Å². The number of halogens is 2. The molecule has 5 nitrogen and oxygen atoms in total. The van der Waals surface area contributed by atoms with Gasteiger partial charge in [-0.1, -0.05) is 41.9 Å². The molecule has 0 unspecified atom stereocenters. The topological polar surface area (TPSA) is 52.7 Å². The first-order valence-electron chi connectivity index (χ1n) is 10.4. The molecule has 1 N–H and O–H groups in total. The Morgan fingerprint density at radius 1 is 1.00 bits per heavy atom. The Bertz CT molecular complexity index is 1160. The lowest BCUT2D eigenvalue weighted by Crippen LogP contribution is -2.39. The Labute approximate surface area is 201 Å². The van der Waals surface area contributed by atoms with Gasteiger partial charge in [0, 0.05) is 17.3 Å². The molecule has 0 radical (unpaired) electrons. The van der Waals surface area contributed by atoms with E-state index in [4.69, 9.17) is 23.8 Å². The minimum atomic E-state index is -0.765. The molecule has 0 aromatic heterocycles. The van der Waals surface area contributed by atoms with Crippen molar-refractivity contribution in [1.82, 2.24) is 4.90 Å².